The van der Waals surface area contributed by atoms with Crippen molar-refractivity contribution in [3.63, 3.8) is 0 Å². The van der Waals surface area contributed by atoms with Gasteiger partial charge in [-0.1, -0.05) is 48.5 Å². The second-order valence-electron chi connectivity index (χ2n) is 18.4. The molecule has 0 N–H and O–H groups in total. The van der Waals surface area contributed by atoms with Crippen LogP contribution in [0.4, 0.5) is 105 Å². The molecule has 30 heteroatoms. The van der Waals surface area contributed by atoms with Crippen LogP contribution in [0.1, 0.15) is 44.5 Å². The van der Waals surface area contributed by atoms with Crippen molar-refractivity contribution in [2.45, 2.75) is 49.4 Å². The molecule has 0 radical (unpaired) electrons. The molecule has 7 aromatic rings. The van der Waals surface area contributed by atoms with Gasteiger partial charge in [-0.25, -0.2) is 0 Å². The zero-order chi connectivity index (χ0) is 64.2. The van der Waals surface area contributed by atoms with Crippen LogP contribution >= 0.6 is 0 Å². The summed E-state index contributed by atoms with van der Waals surface area (Å²) in [5.74, 6) is 1.81. The van der Waals surface area contributed by atoms with E-state index in [2.05, 4.69) is 54.6 Å². The maximum absolute atomic E-state index is 14.2. The van der Waals surface area contributed by atoms with E-state index >= 15 is 0 Å². The standard InChI is InChI=1S/C32H12BF24.C24H27O4Se/c34-25(35,36)13-1-14(26(37,38)39)6-21(5-13)33(22-7-15(27(40,41)42)2-16(8-22)28(43,44)45,23-9-17(29(46,47)48)3-18(10-23)30(49,50)51)24-11-19(31(52,53)54)4-20(12-24)32(55,56)57;1-25-16-18-27-21-12-6-8-14-23(21)29(20-10-4-3-5-11-20)24-15-9-7-13-22(24)28-19-17-26-2/h1-12H;3-15H,16-19H2,1-2H3/q-1;+1. The van der Waals surface area contributed by atoms with Crippen LogP contribution in [0.25, 0.3) is 0 Å². The minimum Gasteiger partial charge on any atom is -0.194 e. The zero-order valence-corrected chi connectivity index (χ0v) is 45.2. The third-order valence-corrected chi connectivity index (χ3v) is 17.5. The maximum atomic E-state index is 14.2. The van der Waals surface area contributed by atoms with Crippen molar-refractivity contribution in [2.24, 2.45) is 0 Å². The van der Waals surface area contributed by atoms with E-state index < -0.39 is 209 Å². The molecule has 4 nitrogen and oxygen atoms in total. The number of alkyl halides is 24. The number of ether oxygens (including phenoxy) is 4. The molecule has 0 unspecified atom stereocenters. The third kappa shape index (κ3) is 16.3. The summed E-state index contributed by atoms with van der Waals surface area (Å²) in [6, 6.07) is 18.4. The topological polar surface area (TPSA) is 36.9 Å². The Morgan fingerprint density at radius 3 is 0.733 bits per heavy atom. The first-order chi connectivity index (χ1) is 39.6. The SMILES string of the molecule is COCCOc1ccccc1[Se+](c1ccccc1)c1ccccc1OCCOC.FC(F)(F)c1cc([B-](c2cc(C(F)(F)F)cc(C(F)(F)F)c2)(c2cc(C(F)(F)F)cc(C(F)(F)F)c2)c2cc(C(F)(F)F)cc(C(F)(F)F)c2)cc(C(F)(F)F)c1. The van der Waals surface area contributed by atoms with Crippen LogP contribution in [0.3, 0.4) is 0 Å². The van der Waals surface area contributed by atoms with Crippen molar-refractivity contribution in [1.82, 2.24) is 0 Å². The molecule has 0 amide bonds. The molecule has 0 fully saturated rings. The van der Waals surface area contributed by atoms with Gasteiger partial charge in [0.25, 0.3) is 0 Å². The molecule has 7 aromatic carbocycles. The smallest absolute Gasteiger partial charge is 0.194 e. The number of hydrogen-bond donors (Lipinski definition) is 0. The predicted octanol–water partition coefficient (Wildman–Crippen LogP) is 13.5. The van der Waals surface area contributed by atoms with Crippen LogP contribution in [0.5, 0.6) is 11.5 Å². The van der Waals surface area contributed by atoms with Gasteiger partial charge >= 0.3 is 227 Å². The fourth-order valence-electron chi connectivity index (χ4n) is 8.95. The molecular weight excluding hydrogens is 1280 g/mol. The molecule has 0 spiro atoms. The minimum atomic E-state index is -6.13. The van der Waals surface area contributed by atoms with E-state index in [1.54, 1.807) is 14.2 Å². The summed E-state index contributed by atoms with van der Waals surface area (Å²) < 4.78 is 367. The van der Waals surface area contributed by atoms with E-state index in [4.69, 9.17) is 18.9 Å². The molecule has 0 bridgehead atoms. The van der Waals surface area contributed by atoms with Gasteiger partial charge in [0.15, 0.2) is 0 Å². The van der Waals surface area contributed by atoms with Gasteiger partial charge in [-0.15, -0.1) is 0 Å². The van der Waals surface area contributed by atoms with Crippen LogP contribution in [0.15, 0.2) is 152 Å². The average molecular weight is 1320 g/mol. The van der Waals surface area contributed by atoms with E-state index in [1.165, 1.54) is 13.4 Å². The molecule has 0 aliphatic heterocycles. The number of para-hydroxylation sites is 2. The molecule has 0 atom stereocenters. The number of rotatable bonds is 15. The number of benzene rings is 7. The summed E-state index contributed by atoms with van der Waals surface area (Å²) in [5.41, 5.74) is -30.2. The third-order valence-electron chi connectivity index (χ3n) is 12.6. The normalized spacial score (nSPS) is 13.2. The molecule has 0 saturated carbocycles. The second kappa shape index (κ2) is 25.7. The number of halogens is 24. The Morgan fingerprint density at radius 1 is 0.291 bits per heavy atom. The largest absolute Gasteiger partial charge is 0.416 e. The Balaban J connectivity index is 0.000000340. The first-order valence-corrected chi connectivity index (χ1v) is 26.7. The van der Waals surface area contributed by atoms with Gasteiger partial charge in [-0.05, 0) is 24.3 Å². The van der Waals surface area contributed by atoms with Gasteiger partial charge < -0.3 is 0 Å². The quantitative estimate of drug-likeness (QED) is 0.0582. The number of methoxy groups -OCH3 is 2. The van der Waals surface area contributed by atoms with Gasteiger partial charge in [0.1, 0.15) is 6.15 Å². The predicted molar refractivity (Wildman–Crippen MR) is 269 cm³/mol. The van der Waals surface area contributed by atoms with Crippen molar-refractivity contribution in [1.29, 1.82) is 0 Å². The van der Waals surface area contributed by atoms with Crippen molar-refractivity contribution in [3.05, 3.63) is 196 Å². The Bertz CT molecular complexity index is 2950. The molecule has 86 heavy (non-hydrogen) atoms. The van der Waals surface area contributed by atoms with E-state index in [9.17, 15) is 105 Å². The summed E-state index contributed by atoms with van der Waals surface area (Å²) in [6.45, 7) is 2.16. The van der Waals surface area contributed by atoms with E-state index in [0.29, 0.717) is 26.4 Å². The van der Waals surface area contributed by atoms with Crippen molar-refractivity contribution >= 4 is 55.3 Å². The van der Waals surface area contributed by atoms with E-state index in [0.717, 1.165) is 11.5 Å². The summed E-state index contributed by atoms with van der Waals surface area (Å²) >= 11 is -1.64. The summed E-state index contributed by atoms with van der Waals surface area (Å²) in [5, 5.41) is 0. The maximum Gasteiger partial charge on any atom is 0.416 e. The Labute approximate surface area is 476 Å². The van der Waals surface area contributed by atoms with Gasteiger partial charge in [0.2, 0.25) is 0 Å². The van der Waals surface area contributed by atoms with Crippen molar-refractivity contribution in [2.75, 3.05) is 40.6 Å². The molecule has 464 valence electrons. The average Bonchev–Trinajstić information content (AvgIpc) is 0.719. The van der Waals surface area contributed by atoms with Crippen LogP contribution in [-0.2, 0) is 58.9 Å². The van der Waals surface area contributed by atoms with Gasteiger partial charge in [0, 0.05) is 0 Å². The van der Waals surface area contributed by atoms with E-state index in [-0.39, 0.29) is 0 Å². The first-order valence-electron chi connectivity index (χ1n) is 24.2. The van der Waals surface area contributed by atoms with Gasteiger partial charge in [-0.2, -0.15) is 127 Å². The molecule has 0 heterocycles. The minimum absolute atomic E-state index is 0.521. The zero-order valence-electron chi connectivity index (χ0n) is 43.5. The first kappa shape index (κ1) is 68.1. The Hall–Kier alpha value is -7.04. The van der Waals surface area contributed by atoms with Crippen LogP contribution in [-0.4, -0.2) is 60.7 Å². The summed E-state index contributed by atoms with van der Waals surface area (Å²) in [4.78, 5) is 0. The fraction of sp³-hybridized carbons (Fsp3) is 0.250. The molecule has 0 aliphatic rings. The summed E-state index contributed by atoms with van der Waals surface area (Å²) in [6.07, 6.45) is -54.8. The second-order valence-corrected chi connectivity index (χ2v) is 22.5. The Kier molecular flexibility index (Phi) is 20.4. The molecule has 0 aromatic heterocycles. The monoisotopic (exact) mass is 1320 g/mol. The molecule has 0 aliphatic carbocycles. The van der Waals surface area contributed by atoms with E-state index in [1.807, 2.05) is 24.3 Å². The van der Waals surface area contributed by atoms with Crippen LogP contribution in [0.2, 0.25) is 0 Å². The molecule has 0 saturated heterocycles. The van der Waals surface area contributed by atoms with Crippen LogP contribution in [0, 0.1) is 0 Å². The number of hydrogen-bond acceptors (Lipinski definition) is 4. The fourth-order valence-corrected chi connectivity index (χ4v) is 13.7. The summed E-state index contributed by atoms with van der Waals surface area (Å²) in [7, 11) is 3.37. The van der Waals surface area contributed by atoms with Gasteiger partial charge in [0.05, 0.1) is 44.5 Å². The molecule has 7 rings (SSSR count). The van der Waals surface area contributed by atoms with Crippen LogP contribution < -0.4 is 44.7 Å². The Morgan fingerprint density at radius 2 is 0.512 bits per heavy atom. The van der Waals surface area contributed by atoms with Crippen molar-refractivity contribution < 1.29 is 124 Å². The molecular formula is C56H39BF24O4Se. The van der Waals surface area contributed by atoms with Crippen molar-refractivity contribution in [3.8, 4) is 11.5 Å². The van der Waals surface area contributed by atoms with Gasteiger partial charge in [-0.3, -0.25) is 0 Å².